The van der Waals surface area contributed by atoms with Crippen LogP contribution in [0, 0.1) is 11.3 Å². The summed E-state index contributed by atoms with van der Waals surface area (Å²) in [5.74, 6) is 0. The molecule has 2 aromatic carbocycles. The molecule has 0 aliphatic heterocycles. The molecule has 0 fully saturated rings. The lowest BCUT2D eigenvalue weighted by molar-refractivity contribution is 0.262. The number of nitrogens with one attached hydrogen (secondary N) is 2. The first-order valence-electron chi connectivity index (χ1n) is 5.72. The first-order valence-corrected chi connectivity index (χ1v) is 6.85. The highest BCUT2D eigenvalue weighted by molar-refractivity contribution is 6.42. The molecule has 0 aromatic heterocycles. The zero-order valence-electron chi connectivity index (χ0n) is 10.5. The van der Waals surface area contributed by atoms with Gasteiger partial charge in [-0.2, -0.15) is 5.26 Å². The van der Waals surface area contributed by atoms with Crippen LogP contribution < -0.4 is 10.6 Å². The van der Waals surface area contributed by atoms with Gasteiger partial charge in [0.1, 0.15) is 6.07 Å². The highest BCUT2D eigenvalue weighted by Crippen LogP contribution is 2.25. The van der Waals surface area contributed by atoms with E-state index in [-0.39, 0.29) is 0 Å². The second-order valence-electron chi connectivity index (χ2n) is 4.01. The number of hydrogen-bond donors (Lipinski definition) is 2. The second kappa shape index (κ2) is 6.68. The third-order valence-corrected chi connectivity index (χ3v) is 3.50. The second-order valence-corrected chi connectivity index (χ2v) is 5.26. The van der Waals surface area contributed by atoms with E-state index in [1.165, 1.54) is 18.2 Å². The Kier molecular flexibility index (Phi) is 4.92. The topological polar surface area (TPSA) is 64.9 Å². The Balaban J connectivity index is 2.13. The van der Waals surface area contributed by atoms with Gasteiger partial charge >= 0.3 is 6.03 Å². The van der Waals surface area contributed by atoms with Gasteiger partial charge in [-0.05, 0) is 36.4 Å². The van der Waals surface area contributed by atoms with Crippen LogP contribution in [0.5, 0.6) is 0 Å². The first kappa shape index (κ1) is 15.5. The van der Waals surface area contributed by atoms with Gasteiger partial charge in [0.2, 0.25) is 0 Å². The molecule has 0 aliphatic carbocycles. The van der Waals surface area contributed by atoms with Crippen molar-refractivity contribution in [3.63, 3.8) is 0 Å². The van der Waals surface area contributed by atoms with Gasteiger partial charge in [0, 0.05) is 10.7 Å². The van der Waals surface area contributed by atoms with Crippen LogP contribution in [0.15, 0.2) is 36.4 Å². The number of nitrogens with zero attached hydrogens (tertiary/aromatic N) is 1. The monoisotopic (exact) mass is 339 g/mol. The molecular weight excluding hydrogens is 333 g/mol. The molecule has 0 spiro atoms. The minimum Gasteiger partial charge on any atom is -0.308 e. The minimum absolute atomic E-state index is 0.309. The largest absolute Gasteiger partial charge is 0.323 e. The summed E-state index contributed by atoms with van der Waals surface area (Å²) in [5.41, 5.74) is 1.11. The normalized spacial score (nSPS) is 9.81. The summed E-state index contributed by atoms with van der Waals surface area (Å²) in [6.45, 7) is 0. The van der Waals surface area contributed by atoms with E-state index in [4.69, 9.17) is 40.1 Å². The summed E-state index contributed by atoms with van der Waals surface area (Å²) in [7, 11) is 0. The van der Waals surface area contributed by atoms with E-state index in [0.29, 0.717) is 32.0 Å². The lowest BCUT2D eigenvalue weighted by Gasteiger charge is -2.09. The minimum atomic E-state index is -0.521. The fourth-order valence-corrected chi connectivity index (χ4v) is 2.05. The molecule has 106 valence electrons. The molecule has 0 atom stereocenters. The third kappa shape index (κ3) is 4.02. The molecule has 4 nitrogen and oxygen atoms in total. The van der Waals surface area contributed by atoms with Gasteiger partial charge in [0.05, 0.1) is 21.3 Å². The molecule has 0 saturated carbocycles. The van der Waals surface area contributed by atoms with Crippen molar-refractivity contribution in [3.05, 3.63) is 57.0 Å². The molecule has 2 N–H and O–H groups in total. The number of hydrogen-bond acceptors (Lipinski definition) is 2. The molecule has 0 bridgehead atoms. The van der Waals surface area contributed by atoms with E-state index >= 15 is 0 Å². The summed E-state index contributed by atoms with van der Waals surface area (Å²) in [6.07, 6.45) is 0. The average Bonchev–Trinajstić information content (AvgIpc) is 2.43. The van der Waals surface area contributed by atoms with Crippen LogP contribution in [0.25, 0.3) is 0 Å². The summed E-state index contributed by atoms with van der Waals surface area (Å²) in [5, 5.41) is 15.3. The molecular formula is C14H8Cl3N3O. The Labute approximate surface area is 136 Å². The molecule has 0 aliphatic rings. The van der Waals surface area contributed by atoms with Crippen molar-refractivity contribution in [1.82, 2.24) is 0 Å². The van der Waals surface area contributed by atoms with Gasteiger partial charge < -0.3 is 10.6 Å². The molecule has 7 heteroatoms. The van der Waals surface area contributed by atoms with Crippen LogP contribution in [-0.2, 0) is 0 Å². The Bertz CT molecular complexity index is 741. The highest BCUT2D eigenvalue weighted by atomic mass is 35.5. The van der Waals surface area contributed by atoms with Crippen molar-refractivity contribution in [2.75, 3.05) is 10.6 Å². The van der Waals surface area contributed by atoms with Gasteiger partial charge in [0.25, 0.3) is 0 Å². The smallest absolute Gasteiger partial charge is 0.308 e. The van der Waals surface area contributed by atoms with E-state index in [1.807, 2.05) is 6.07 Å². The first-order chi connectivity index (χ1) is 9.99. The van der Waals surface area contributed by atoms with Crippen molar-refractivity contribution < 1.29 is 4.79 Å². The summed E-state index contributed by atoms with van der Waals surface area (Å²) in [6, 6.07) is 10.7. The molecule has 2 rings (SSSR count). The summed E-state index contributed by atoms with van der Waals surface area (Å²) >= 11 is 17.5. The zero-order chi connectivity index (χ0) is 15.4. The highest BCUT2D eigenvalue weighted by Gasteiger charge is 2.08. The number of carbonyl (C=O) groups excluding carboxylic acids is 1. The van der Waals surface area contributed by atoms with E-state index in [2.05, 4.69) is 10.6 Å². The maximum Gasteiger partial charge on any atom is 0.323 e. The quantitative estimate of drug-likeness (QED) is 0.792. The fourth-order valence-electron chi connectivity index (χ4n) is 1.58. The van der Waals surface area contributed by atoms with Crippen molar-refractivity contribution in [2.24, 2.45) is 0 Å². The van der Waals surface area contributed by atoms with Crippen LogP contribution in [0.2, 0.25) is 15.1 Å². The Morgan fingerprint density at radius 3 is 2.43 bits per heavy atom. The lowest BCUT2D eigenvalue weighted by Crippen LogP contribution is -2.20. The maximum absolute atomic E-state index is 11.9. The number of nitriles is 1. The average molecular weight is 341 g/mol. The van der Waals surface area contributed by atoms with E-state index in [0.717, 1.165) is 0 Å². The standard InChI is InChI=1S/C14H8Cl3N3O/c15-9-2-1-8(7-18)13(5-9)20-14(21)19-10-3-4-11(16)12(17)6-10/h1-6H,(H2,19,20,21). The van der Waals surface area contributed by atoms with Crippen molar-refractivity contribution in [1.29, 1.82) is 5.26 Å². The van der Waals surface area contributed by atoms with Crippen LogP contribution >= 0.6 is 34.8 Å². The number of benzene rings is 2. The number of anilines is 2. The van der Waals surface area contributed by atoms with E-state index in [1.54, 1.807) is 18.2 Å². The van der Waals surface area contributed by atoms with Gasteiger partial charge in [-0.3, -0.25) is 0 Å². The number of amides is 2. The zero-order valence-corrected chi connectivity index (χ0v) is 12.7. The summed E-state index contributed by atoms with van der Waals surface area (Å²) in [4.78, 5) is 11.9. The molecule has 0 radical (unpaired) electrons. The maximum atomic E-state index is 11.9. The fraction of sp³-hybridized carbons (Fsp3) is 0. The SMILES string of the molecule is N#Cc1ccc(Cl)cc1NC(=O)Nc1ccc(Cl)c(Cl)c1. The predicted octanol–water partition coefficient (Wildman–Crippen LogP) is 5.16. The van der Waals surface area contributed by atoms with Gasteiger partial charge in [-0.1, -0.05) is 34.8 Å². The number of urea groups is 1. The van der Waals surface area contributed by atoms with Gasteiger partial charge in [-0.25, -0.2) is 4.79 Å². The van der Waals surface area contributed by atoms with Crippen LogP contribution in [0.4, 0.5) is 16.2 Å². The number of rotatable bonds is 2. The molecule has 2 amide bonds. The van der Waals surface area contributed by atoms with Crippen LogP contribution in [0.1, 0.15) is 5.56 Å². The Hall–Kier alpha value is -1.93. The number of carbonyl (C=O) groups is 1. The van der Waals surface area contributed by atoms with E-state index in [9.17, 15) is 4.79 Å². The van der Waals surface area contributed by atoms with Crippen LogP contribution in [0.3, 0.4) is 0 Å². The predicted molar refractivity (Wildman–Crippen MR) is 85.3 cm³/mol. The van der Waals surface area contributed by atoms with E-state index < -0.39 is 6.03 Å². The molecule has 21 heavy (non-hydrogen) atoms. The number of halogens is 3. The van der Waals surface area contributed by atoms with Crippen molar-refractivity contribution in [3.8, 4) is 6.07 Å². The molecule has 0 unspecified atom stereocenters. The lowest BCUT2D eigenvalue weighted by atomic mass is 10.2. The van der Waals surface area contributed by atoms with Crippen LogP contribution in [-0.4, -0.2) is 6.03 Å². The molecule has 2 aromatic rings. The Morgan fingerprint density at radius 1 is 1.00 bits per heavy atom. The molecule has 0 saturated heterocycles. The van der Waals surface area contributed by atoms with Crippen molar-refractivity contribution in [2.45, 2.75) is 0 Å². The van der Waals surface area contributed by atoms with Gasteiger partial charge in [0.15, 0.2) is 0 Å². The molecule has 0 heterocycles. The third-order valence-electron chi connectivity index (χ3n) is 2.53. The van der Waals surface area contributed by atoms with Crippen molar-refractivity contribution >= 4 is 52.2 Å². The Morgan fingerprint density at radius 2 is 1.76 bits per heavy atom. The van der Waals surface area contributed by atoms with Gasteiger partial charge in [-0.15, -0.1) is 0 Å². The summed E-state index contributed by atoms with van der Waals surface area (Å²) < 4.78 is 0.